The topological polar surface area (TPSA) is 34.9 Å². The molecule has 0 atom stereocenters. The summed E-state index contributed by atoms with van der Waals surface area (Å²) in [6.45, 7) is 2.26. The smallest absolute Gasteiger partial charge is 0.168 e. The molecule has 16 heavy (non-hydrogen) atoms. The number of imidazole rings is 1. The Morgan fingerprint density at radius 3 is 2.81 bits per heavy atom. The zero-order valence-electron chi connectivity index (χ0n) is 9.93. The van der Waals surface area contributed by atoms with Crippen molar-refractivity contribution in [3.05, 3.63) is 18.2 Å². The van der Waals surface area contributed by atoms with Gasteiger partial charge in [0.1, 0.15) is 5.69 Å². The highest BCUT2D eigenvalue weighted by Crippen LogP contribution is 2.34. The standard InChI is InChI=1S/C13H20N2O/c1-2-3-11-4-6-12(7-5-11)15-10-14-8-13(15)9-16/h8-12H,2-7H2,1H3. The van der Waals surface area contributed by atoms with E-state index < -0.39 is 0 Å². The van der Waals surface area contributed by atoms with Crippen LogP contribution in [0.15, 0.2) is 12.5 Å². The van der Waals surface area contributed by atoms with Gasteiger partial charge in [-0.3, -0.25) is 4.79 Å². The van der Waals surface area contributed by atoms with Gasteiger partial charge in [-0.25, -0.2) is 4.98 Å². The Labute approximate surface area is 96.9 Å². The van der Waals surface area contributed by atoms with E-state index in [1.54, 1.807) is 12.5 Å². The third-order valence-corrected chi connectivity index (χ3v) is 3.72. The van der Waals surface area contributed by atoms with Gasteiger partial charge in [-0.2, -0.15) is 0 Å². The summed E-state index contributed by atoms with van der Waals surface area (Å²) in [5, 5.41) is 0. The van der Waals surface area contributed by atoms with Gasteiger partial charge in [-0.05, 0) is 31.6 Å². The van der Waals surface area contributed by atoms with E-state index in [-0.39, 0.29) is 0 Å². The lowest BCUT2D eigenvalue weighted by molar-refractivity contribution is 0.111. The van der Waals surface area contributed by atoms with E-state index in [0.29, 0.717) is 6.04 Å². The van der Waals surface area contributed by atoms with Crippen LogP contribution in [0.1, 0.15) is 62.0 Å². The third-order valence-electron chi connectivity index (χ3n) is 3.72. The molecule has 1 aromatic rings. The van der Waals surface area contributed by atoms with E-state index in [9.17, 15) is 4.79 Å². The first-order chi connectivity index (χ1) is 7.85. The number of hydrogen-bond acceptors (Lipinski definition) is 2. The highest BCUT2D eigenvalue weighted by atomic mass is 16.1. The molecule has 1 aliphatic rings. The predicted molar refractivity (Wildman–Crippen MR) is 63.5 cm³/mol. The summed E-state index contributed by atoms with van der Waals surface area (Å²) < 4.78 is 2.05. The average Bonchev–Trinajstić information content (AvgIpc) is 2.78. The quantitative estimate of drug-likeness (QED) is 0.730. The van der Waals surface area contributed by atoms with Crippen LogP contribution < -0.4 is 0 Å². The summed E-state index contributed by atoms with van der Waals surface area (Å²) in [6, 6.07) is 0.496. The lowest BCUT2D eigenvalue weighted by Gasteiger charge is -2.29. The maximum absolute atomic E-state index is 10.8. The minimum Gasteiger partial charge on any atom is -0.325 e. The van der Waals surface area contributed by atoms with Crippen molar-refractivity contribution < 1.29 is 4.79 Å². The van der Waals surface area contributed by atoms with Crippen LogP contribution in [0.25, 0.3) is 0 Å². The molecule has 0 spiro atoms. The second-order valence-electron chi connectivity index (χ2n) is 4.81. The van der Waals surface area contributed by atoms with Gasteiger partial charge in [0.2, 0.25) is 0 Å². The number of aromatic nitrogens is 2. The van der Waals surface area contributed by atoms with Gasteiger partial charge in [0.05, 0.1) is 12.5 Å². The fourth-order valence-electron chi connectivity index (χ4n) is 2.83. The molecule has 3 heteroatoms. The number of carbonyl (C=O) groups is 1. The summed E-state index contributed by atoms with van der Waals surface area (Å²) in [5.74, 6) is 0.907. The van der Waals surface area contributed by atoms with Crippen molar-refractivity contribution in [2.24, 2.45) is 5.92 Å². The van der Waals surface area contributed by atoms with Crippen LogP contribution in [0, 0.1) is 5.92 Å². The Kier molecular flexibility index (Phi) is 3.75. The van der Waals surface area contributed by atoms with Gasteiger partial charge in [-0.1, -0.05) is 19.8 Å². The van der Waals surface area contributed by atoms with E-state index in [1.807, 2.05) is 0 Å². The Morgan fingerprint density at radius 1 is 1.44 bits per heavy atom. The van der Waals surface area contributed by atoms with Crippen LogP contribution in [0.3, 0.4) is 0 Å². The van der Waals surface area contributed by atoms with Crippen molar-refractivity contribution in [3.8, 4) is 0 Å². The van der Waals surface area contributed by atoms with Crippen LogP contribution in [-0.4, -0.2) is 15.8 Å². The molecule has 0 N–H and O–H groups in total. The first-order valence-electron chi connectivity index (χ1n) is 6.32. The predicted octanol–water partition coefficient (Wildman–Crippen LogP) is 3.23. The number of nitrogens with zero attached hydrogens (tertiary/aromatic N) is 2. The molecular formula is C13H20N2O. The third kappa shape index (κ3) is 2.34. The molecule has 0 bridgehead atoms. The zero-order chi connectivity index (χ0) is 11.4. The Balaban J connectivity index is 1.96. The fourth-order valence-corrected chi connectivity index (χ4v) is 2.83. The van der Waals surface area contributed by atoms with Gasteiger partial charge in [0.25, 0.3) is 0 Å². The Hall–Kier alpha value is -1.12. The molecule has 1 aromatic heterocycles. The number of aldehydes is 1. The van der Waals surface area contributed by atoms with E-state index in [4.69, 9.17) is 0 Å². The summed E-state index contributed by atoms with van der Waals surface area (Å²) in [5.41, 5.74) is 0.721. The van der Waals surface area contributed by atoms with Crippen molar-refractivity contribution >= 4 is 6.29 Å². The van der Waals surface area contributed by atoms with Crippen molar-refractivity contribution in [2.75, 3.05) is 0 Å². The van der Waals surface area contributed by atoms with E-state index >= 15 is 0 Å². The van der Waals surface area contributed by atoms with Crippen LogP contribution in [0.5, 0.6) is 0 Å². The van der Waals surface area contributed by atoms with Crippen molar-refractivity contribution in [3.63, 3.8) is 0 Å². The molecule has 1 aliphatic carbocycles. The van der Waals surface area contributed by atoms with E-state index in [0.717, 1.165) is 17.9 Å². The SMILES string of the molecule is CCCC1CCC(n2cncc2C=O)CC1. The molecule has 0 aliphatic heterocycles. The molecular weight excluding hydrogens is 200 g/mol. The van der Waals surface area contributed by atoms with Gasteiger partial charge < -0.3 is 4.57 Å². The van der Waals surface area contributed by atoms with Gasteiger partial charge in [-0.15, -0.1) is 0 Å². The molecule has 0 unspecified atom stereocenters. The van der Waals surface area contributed by atoms with E-state index in [1.165, 1.54) is 38.5 Å². The average molecular weight is 220 g/mol. The Morgan fingerprint density at radius 2 is 2.19 bits per heavy atom. The summed E-state index contributed by atoms with van der Waals surface area (Å²) in [6.07, 6.45) is 12.0. The Bertz CT molecular complexity index is 337. The first kappa shape index (κ1) is 11.4. The maximum atomic E-state index is 10.8. The fraction of sp³-hybridized carbons (Fsp3) is 0.692. The molecule has 2 rings (SSSR count). The second kappa shape index (κ2) is 5.28. The normalized spacial score (nSPS) is 25.6. The number of hydrogen-bond donors (Lipinski definition) is 0. The van der Waals surface area contributed by atoms with Crippen molar-refractivity contribution in [1.29, 1.82) is 0 Å². The summed E-state index contributed by atoms with van der Waals surface area (Å²) in [7, 11) is 0. The molecule has 88 valence electrons. The summed E-state index contributed by atoms with van der Waals surface area (Å²) in [4.78, 5) is 14.9. The van der Waals surface area contributed by atoms with Crippen LogP contribution in [0.2, 0.25) is 0 Å². The van der Waals surface area contributed by atoms with Gasteiger partial charge >= 0.3 is 0 Å². The monoisotopic (exact) mass is 220 g/mol. The minimum absolute atomic E-state index is 0.496. The molecule has 0 saturated heterocycles. The zero-order valence-corrected chi connectivity index (χ0v) is 9.93. The molecule has 1 saturated carbocycles. The van der Waals surface area contributed by atoms with Crippen molar-refractivity contribution in [1.82, 2.24) is 9.55 Å². The number of rotatable bonds is 4. The lowest BCUT2D eigenvalue weighted by atomic mass is 9.83. The largest absolute Gasteiger partial charge is 0.325 e. The molecule has 3 nitrogen and oxygen atoms in total. The highest BCUT2D eigenvalue weighted by molar-refractivity contribution is 5.71. The van der Waals surface area contributed by atoms with E-state index in [2.05, 4.69) is 16.5 Å². The first-order valence-corrected chi connectivity index (χ1v) is 6.32. The maximum Gasteiger partial charge on any atom is 0.168 e. The van der Waals surface area contributed by atoms with Crippen LogP contribution in [0.4, 0.5) is 0 Å². The number of carbonyl (C=O) groups excluding carboxylic acids is 1. The van der Waals surface area contributed by atoms with Gasteiger partial charge in [0, 0.05) is 6.04 Å². The molecule has 0 radical (unpaired) electrons. The van der Waals surface area contributed by atoms with Crippen LogP contribution >= 0.6 is 0 Å². The minimum atomic E-state index is 0.496. The molecule has 0 amide bonds. The van der Waals surface area contributed by atoms with Gasteiger partial charge in [0.15, 0.2) is 6.29 Å². The highest BCUT2D eigenvalue weighted by Gasteiger charge is 2.22. The van der Waals surface area contributed by atoms with Crippen molar-refractivity contribution in [2.45, 2.75) is 51.5 Å². The molecule has 1 fully saturated rings. The molecule has 0 aromatic carbocycles. The lowest BCUT2D eigenvalue weighted by Crippen LogP contribution is -2.19. The molecule has 1 heterocycles. The second-order valence-corrected chi connectivity index (χ2v) is 4.81. The van der Waals surface area contributed by atoms with Crippen LogP contribution in [-0.2, 0) is 0 Å². The summed E-state index contributed by atoms with van der Waals surface area (Å²) >= 11 is 0.